The summed E-state index contributed by atoms with van der Waals surface area (Å²) in [6.07, 6.45) is 5.63. The van der Waals surface area contributed by atoms with Crippen LogP contribution in [0.15, 0.2) is 65.6 Å². The van der Waals surface area contributed by atoms with Crippen LogP contribution in [0.4, 0.5) is 16.2 Å². The van der Waals surface area contributed by atoms with E-state index in [9.17, 15) is 19.2 Å². The van der Waals surface area contributed by atoms with E-state index >= 15 is 0 Å². The highest BCUT2D eigenvalue weighted by Gasteiger charge is 2.37. The van der Waals surface area contributed by atoms with E-state index in [1.54, 1.807) is 41.7 Å². The van der Waals surface area contributed by atoms with E-state index < -0.39 is 23.6 Å². The molecule has 236 valence electrons. The number of ether oxygens (including phenoxy) is 1. The number of nitrogens with zero attached hydrogens (tertiary/aromatic N) is 2. The lowest BCUT2D eigenvalue weighted by atomic mass is 9.95. The summed E-state index contributed by atoms with van der Waals surface area (Å²) >= 11 is 2.46. The van der Waals surface area contributed by atoms with Crippen LogP contribution in [0.2, 0.25) is 0 Å². The Morgan fingerprint density at radius 3 is 2.41 bits per heavy atom. The summed E-state index contributed by atoms with van der Waals surface area (Å²) in [7, 11) is 0. The molecule has 1 aliphatic carbocycles. The fourth-order valence-corrected chi connectivity index (χ4v) is 8.15. The average molecular weight is 655 g/mol. The fourth-order valence-electron chi connectivity index (χ4n) is 5.83. The molecule has 2 aromatic heterocycles. The fraction of sp³-hybridized carbons (Fsp3) is 0.257. The molecule has 3 heterocycles. The van der Waals surface area contributed by atoms with Crippen molar-refractivity contribution in [3.8, 4) is 10.8 Å². The molecule has 1 saturated heterocycles. The third kappa shape index (κ3) is 6.38. The van der Waals surface area contributed by atoms with Crippen LogP contribution < -0.4 is 15.4 Å². The van der Waals surface area contributed by atoms with Gasteiger partial charge in [-0.25, -0.2) is 0 Å². The summed E-state index contributed by atoms with van der Waals surface area (Å²) in [6.45, 7) is 5.95. The maximum absolute atomic E-state index is 13.8. The zero-order valence-electron chi connectivity index (χ0n) is 25.8. The van der Waals surface area contributed by atoms with E-state index in [2.05, 4.69) is 15.2 Å². The highest BCUT2D eigenvalue weighted by atomic mass is 32.2. The van der Waals surface area contributed by atoms with Crippen molar-refractivity contribution in [2.75, 3.05) is 23.8 Å². The van der Waals surface area contributed by atoms with Crippen molar-refractivity contribution in [1.29, 1.82) is 0 Å². The lowest BCUT2D eigenvalue weighted by Crippen LogP contribution is -2.36. The van der Waals surface area contributed by atoms with Crippen molar-refractivity contribution < 1.29 is 23.9 Å². The van der Waals surface area contributed by atoms with Crippen LogP contribution in [0.1, 0.15) is 57.5 Å². The molecule has 6 rings (SSSR count). The minimum atomic E-state index is -0.517. The molecule has 2 aromatic carbocycles. The first-order valence-corrected chi connectivity index (χ1v) is 16.8. The Labute approximate surface area is 275 Å². The molecule has 0 atom stereocenters. The maximum atomic E-state index is 13.8. The first-order chi connectivity index (χ1) is 22.2. The van der Waals surface area contributed by atoms with E-state index in [-0.39, 0.29) is 10.8 Å². The average Bonchev–Trinajstić information content (AvgIpc) is 3.64. The molecule has 0 spiro atoms. The number of aromatic nitrogens is 1. The van der Waals surface area contributed by atoms with Gasteiger partial charge in [-0.2, -0.15) is 0 Å². The standard InChI is InChI=1S/C35H34N4O5S2/c1-4-44-26-16-14-25(15-17-26)36-30(40)20-38-33(42)29(46-35(38)43)19-23-18-21(2)39(22(23)3)34-31(27-12-8-9-13-28(27)45-34)32(41)37-24-10-6-5-7-11-24/h5-7,10-11,14-19H,4,8-9,12-13,20H2,1-3H3,(H,36,40)(H,37,41)/b29-19+. The molecule has 2 aliphatic rings. The number of benzene rings is 2. The van der Waals surface area contributed by atoms with E-state index in [1.807, 2.05) is 57.2 Å². The van der Waals surface area contributed by atoms with E-state index in [0.29, 0.717) is 23.6 Å². The second-order valence-corrected chi connectivity index (χ2v) is 13.2. The van der Waals surface area contributed by atoms with Gasteiger partial charge in [-0.15, -0.1) is 11.3 Å². The molecule has 4 amide bonds. The monoisotopic (exact) mass is 654 g/mol. The molecule has 4 aromatic rings. The molecule has 46 heavy (non-hydrogen) atoms. The maximum Gasteiger partial charge on any atom is 0.294 e. The van der Waals surface area contributed by atoms with Gasteiger partial charge in [0.15, 0.2) is 0 Å². The number of carbonyl (C=O) groups excluding carboxylic acids is 4. The summed E-state index contributed by atoms with van der Waals surface area (Å²) in [5, 5.41) is 6.16. The van der Waals surface area contributed by atoms with Crippen LogP contribution in [0.5, 0.6) is 5.75 Å². The Morgan fingerprint density at radius 1 is 0.957 bits per heavy atom. The van der Waals surface area contributed by atoms with Gasteiger partial charge >= 0.3 is 0 Å². The summed E-state index contributed by atoms with van der Waals surface area (Å²) in [6, 6.07) is 18.3. The van der Waals surface area contributed by atoms with Crippen molar-refractivity contribution in [3.63, 3.8) is 0 Å². The molecule has 0 radical (unpaired) electrons. The van der Waals surface area contributed by atoms with Gasteiger partial charge in [-0.05, 0) is 118 Å². The number of imide groups is 1. The number of hydrogen-bond donors (Lipinski definition) is 2. The van der Waals surface area contributed by atoms with Crippen molar-refractivity contribution in [2.24, 2.45) is 0 Å². The Bertz CT molecular complexity index is 1860. The molecule has 11 heteroatoms. The van der Waals surface area contributed by atoms with Crippen molar-refractivity contribution in [2.45, 2.75) is 46.5 Å². The predicted molar refractivity (Wildman–Crippen MR) is 183 cm³/mol. The molecule has 0 bridgehead atoms. The molecule has 0 unspecified atom stereocenters. The number of nitrogens with one attached hydrogen (secondary N) is 2. The number of carbonyl (C=O) groups is 4. The van der Waals surface area contributed by atoms with Gasteiger partial charge in [0.05, 0.1) is 17.1 Å². The second-order valence-electron chi connectivity index (χ2n) is 11.1. The smallest absolute Gasteiger partial charge is 0.294 e. The molecular weight excluding hydrogens is 621 g/mol. The first kappa shape index (κ1) is 31.4. The van der Waals surface area contributed by atoms with Gasteiger partial charge in [0, 0.05) is 27.6 Å². The number of rotatable bonds is 9. The zero-order chi connectivity index (χ0) is 32.4. The zero-order valence-corrected chi connectivity index (χ0v) is 27.5. The van der Waals surface area contributed by atoms with Crippen molar-refractivity contribution in [3.05, 3.63) is 98.5 Å². The number of aryl methyl sites for hydroxylation is 2. The summed E-state index contributed by atoms with van der Waals surface area (Å²) < 4.78 is 7.50. The summed E-state index contributed by atoms with van der Waals surface area (Å²) in [5.41, 5.74) is 5.60. The number of para-hydroxylation sites is 1. The third-order valence-electron chi connectivity index (χ3n) is 8.00. The lowest BCUT2D eigenvalue weighted by molar-refractivity contribution is -0.127. The van der Waals surface area contributed by atoms with Gasteiger partial charge < -0.3 is 19.9 Å². The number of anilines is 2. The normalized spacial score (nSPS) is 15.3. The second kappa shape index (κ2) is 13.4. The Hall–Kier alpha value is -4.61. The topological polar surface area (TPSA) is 110 Å². The van der Waals surface area contributed by atoms with E-state index in [1.165, 1.54) is 4.88 Å². The Balaban J connectivity index is 1.24. The minimum Gasteiger partial charge on any atom is -0.494 e. The Kier molecular flexibility index (Phi) is 9.14. The molecule has 1 fully saturated rings. The largest absolute Gasteiger partial charge is 0.494 e. The molecule has 1 aliphatic heterocycles. The van der Waals surface area contributed by atoms with Crippen molar-refractivity contribution >= 4 is 63.5 Å². The van der Waals surface area contributed by atoms with Gasteiger partial charge in [-0.3, -0.25) is 24.1 Å². The highest BCUT2D eigenvalue weighted by Crippen LogP contribution is 2.40. The molecule has 0 saturated carbocycles. The number of fused-ring (bicyclic) bond motifs is 1. The lowest BCUT2D eigenvalue weighted by Gasteiger charge is -2.14. The van der Waals surface area contributed by atoms with Crippen molar-refractivity contribution in [1.82, 2.24) is 9.47 Å². The minimum absolute atomic E-state index is 0.140. The molecular formula is C35H34N4O5S2. The van der Waals surface area contributed by atoms with Crippen LogP contribution in [0.25, 0.3) is 11.1 Å². The summed E-state index contributed by atoms with van der Waals surface area (Å²) in [5.74, 6) is -0.453. The molecule has 9 nitrogen and oxygen atoms in total. The van der Waals surface area contributed by atoms with Crippen LogP contribution in [0.3, 0.4) is 0 Å². The van der Waals surface area contributed by atoms with Gasteiger partial charge in [-0.1, -0.05) is 18.2 Å². The number of amides is 4. The van der Waals surface area contributed by atoms with E-state index in [4.69, 9.17) is 4.74 Å². The Morgan fingerprint density at radius 2 is 1.67 bits per heavy atom. The quantitative estimate of drug-likeness (QED) is 0.183. The first-order valence-electron chi connectivity index (χ1n) is 15.2. The van der Waals surface area contributed by atoms with Crippen LogP contribution in [0, 0.1) is 13.8 Å². The molecule has 2 N–H and O–H groups in total. The van der Waals surface area contributed by atoms with Gasteiger partial charge in [0.2, 0.25) is 5.91 Å². The predicted octanol–water partition coefficient (Wildman–Crippen LogP) is 7.36. The summed E-state index contributed by atoms with van der Waals surface area (Å²) in [4.78, 5) is 55.1. The van der Waals surface area contributed by atoms with Crippen LogP contribution >= 0.6 is 23.1 Å². The van der Waals surface area contributed by atoms with Crippen LogP contribution in [-0.4, -0.2) is 45.6 Å². The number of thioether (sulfide) groups is 1. The number of hydrogen-bond acceptors (Lipinski definition) is 7. The van der Waals surface area contributed by atoms with Gasteiger partial charge in [0.1, 0.15) is 17.3 Å². The SMILES string of the molecule is CCOc1ccc(NC(=O)CN2C(=O)S/C(=C/c3cc(C)n(-c4sc5c(c4C(=O)Nc4ccccc4)CCCC5)c3C)C2=O)cc1. The third-order valence-corrected chi connectivity index (χ3v) is 10.2. The number of thiophene rings is 1. The van der Waals surface area contributed by atoms with E-state index in [0.717, 1.165) is 75.5 Å². The van der Waals surface area contributed by atoms with Crippen LogP contribution in [-0.2, 0) is 22.4 Å². The highest BCUT2D eigenvalue weighted by molar-refractivity contribution is 8.18. The van der Waals surface area contributed by atoms with Gasteiger partial charge in [0.25, 0.3) is 17.1 Å².